The summed E-state index contributed by atoms with van der Waals surface area (Å²) in [6.07, 6.45) is 6.54. The summed E-state index contributed by atoms with van der Waals surface area (Å²) < 4.78 is 28.5. The van der Waals surface area contributed by atoms with E-state index >= 15 is 0 Å². The maximum Gasteiger partial charge on any atom is 0.251 e. The Labute approximate surface area is 206 Å². The number of aryl methyl sites for hydroxylation is 2. The predicted molar refractivity (Wildman–Crippen MR) is 138 cm³/mol. The lowest BCUT2D eigenvalue weighted by Gasteiger charge is -2.26. The Morgan fingerprint density at radius 1 is 0.943 bits per heavy atom. The van der Waals surface area contributed by atoms with Crippen molar-refractivity contribution in [2.45, 2.75) is 26.9 Å². The lowest BCUT2D eigenvalue weighted by Crippen LogP contribution is -2.30. The molecule has 3 aromatic carbocycles. The lowest BCUT2D eigenvalue weighted by atomic mass is 10.1. The molecule has 0 bridgehead atoms. The number of carbonyl (C=O) groups excluding carboxylic acids is 1. The number of hydrogen-bond donors (Lipinski definition) is 1. The van der Waals surface area contributed by atoms with E-state index in [1.165, 1.54) is 10.6 Å². The number of amides is 1. The SMILES string of the molecule is Cc1cccc(C)c1N(Cc1ccc(C(=O)NCc2ccc(-n3ccnc3)cc2)cc1)S(C)(=O)=O. The number of nitrogens with one attached hydrogen (secondary N) is 1. The van der Waals surface area contributed by atoms with Gasteiger partial charge in [0.05, 0.1) is 24.8 Å². The summed E-state index contributed by atoms with van der Waals surface area (Å²) in [6, 6.07) is 20.6. The van der Waals surface area contributed by atoms with Gasteiger partial charge in [-0.2, -0.15) is 0 Å². The van der Waals surface area contributed by atoms with Crippen LogP contribution in [0.1, 0.15) is 32.6 Å². The van der Waals surface area contributed by atoms with Crippen LogP contribution in [0.4, 0.5) is 5.69 Å². The Hall–Kier alpha value is -3.91. The normalized spacial score (nSPS) is 11.3. The molecule has 0 aliphatic heterocycles. The second-order valence-electron chi connectivity index (χ2n) is 8.53. The summed E-state index contributed by atoms with van der Waals surface area (Å²) in [5.41, 5.74) is 5.77. The Kier molecular flexibility index (Phi) is 7.02. The molecule has 1 N–H and O–H groups in total. The van der Waals surface area contributed by atoms with Crippen molar-refractivity contribution >= 4 is 21.6 Å². The molecular formula is C27H28N4O3S. The van der Waals surface area contributed by atoms with Crippen molar-refractivity contribution in [1.82, 2.24) is 14.9 Å². The molecule has 0 aliphatic carbocycles. The van der Waals surface area contributed by atoms with Crippen LogP contribution in [-0.2, 0) is 23.1 Å². The van der Waals surface area contributed by atoms with Gasteiger partial charge in [-0.25, -0.2) is 13.4 Å². The average molecular weight is 489 g/mol. The van der Waals surface area contributed by atoms with E-state index in [9.17, 15) is 13.2 Å². The van der Waals surface area contributed by atoms with E-state index in [-0.39, 0.29) is 12.5 Å². The zero-order valence-corrected chi connectivity index (χ0v) is 20.8. The third-order valence-corrected chi connectivity index (χ3v) is 6.94. The van der Waals surface area contributed by atoms with Gasteiger partial charge in [-0.05, 0) is 60.4 Å². The molecule has 7 nitrogen and oxygen atoms in total. The van der Waals surface area contributed by atoms with Crippen molar-refractivity contribution < 1.29 is 13.2 Å². The van der Waals surface area contributed by atoms with Crippen LogP contribution in [0.25, 0.3) is 5.69 Å². The van der Waals surface area contributed by atoms with E-state index in [2.05, 4.69) is 10.3 Å². The molecule has 180 valence electrons. The molecule has 0 fully saturated rings. The minimum Gasteiger partial charge on any atom is -0.348 e. The Bertz CT molecular complexity index is 1390. The van der Waals surface area contributed by atoms with Crippen molar-refractivity contribution in [3.8, 4) is 5.69 Å². The fraction of sp³-hybridized carbons (Fsp3) is 0.185. The Morgan fingerprint density at radius 3 is 2.14 bits per heavy atom. The summed E-state index contributed by atoms with van der Waals surface area (Å²) in [5.74, 6) is -0.190. The zero-order chi connectivity index (χ0) is 25.0. The third kappa shape index (κ3) is 5.78. The standard InChI is InChI=1S/C27H28N4O3S/c1-20-5-4-6-21(2)26(20)31(35(3,33)34)18-23-7-11-24(12-8-23)27(32)29-17-22-9-13-25(14-10-22)30-16-15-28-19-30/h4-16,19H,17-18H2,1-3H3,(H,29,32). The van der Waals surface area contributed by atoms with Crippen molar-refractivity contribution in [3.05, 3.63) is 113 Å². The summed E-state index contributed by atoms with van der Waals surface area (Å²) in [7, 11) is -3.50. The molecule has 4 rings (SSSR count). The molecule has 0 aliphatic rings. The molecule has 0 saturated heterocycles. The van der Waals surface area contributed by atoms with Crippen LogP contribution >= 0.6 is 0 Å². The minimum atomic E-state index is -3.50. The maximum atomic E-state index is 12.6. The molecule has 1 heterocycles. The molecule has 4 aromatic rings. The van der Waals surface area contributed by atoms with Crippen molar-refractivity contribution in [2.75, 3.05) is 10.6 Å². The second kappa shape index (κ2) is 10.1. The maximum absolute atomic E-state index is 12.6. The first-order chi connectivity index (χ1) is 16.7. The first kappa shape index (κ1) is 24.2. The predicted octanol–water partition coefficient (Wildman–Crippen LogP) is 4.39. The molecule has 35 heavy (non-hydrogen) atoms. The number of imidazole rings is 1. The van der Waals surface area contributed by atoms with Crippen LogP contribution in [0.2, 0.25) is 0 Å². The minimum absolute atomic E-state index is 0.190. The number of hydrogen-bond acceptors (Lipinski definition) is 4. The van der Waals surface area contributed by atoms with Gasteiger partial charge in [0, 0.05) is 30.2 Å². The van der Waals surface area contributed by atoms with Gasteiger partial charge >= 0.3 is 0 Å². The lowest BCUT2D eigenvalue weighted by molar-refractivity contribution is 0.0951. The first-order valence-electron chi connectivity index (χ1n) is 11.2. The average Bonchev–Trinajstić information content (AvgIpc) is 3.37. The van der Waals surface area contributed by atoms with Gasteiger partial charge in [0.2, 0.25) is 10.0 Å². The molecule has 0 saturated carbocycles. The molecule has 0 atom stereocenters. The van der Waals surface area contributed by atoms with Crippen LogP contribution < -0.4 is 9.62 Å². The summed E-state index contributed by atoms with van der Waals surface area (Å²) in [4.78, 5) is 16.7. The third-order valence-electron chi connectivity index (χ3n) is 5.82. The molecular weight excluding hydrogens is 460 g/mol. The van der Waals surface area contributed by atoms with E-state index < -0.39 is 10.0 Å². The van der Waals surface area contributed by atoms with Gasteiger partial charge in [-0.1, -0.05) is 42.5 Å². The van der Waals surface area contributed by atoms with Crippen LogP contribution in [0, 0.1) is 13.8 Å². The van der Waals surface area contributed by atoms with Gasteiger partial charge in [0.1, 0.15) is 0 Å². The van der Waals surface area contributed by atoms with E-state index in [4.69, 9.17) is 0 Å². The topological polar surface area (TPSA) is 84.3 Å². The number of nitrogens with zero attached hydrogens (tertiary/aromatic N) is 3. The second-order valence-corrected chi connectivity index (χ2v) is 10.4. The van der Waals surface area contributed by atoms with Gasteiger partial charge in [0.25, 0.3) is 5.91 Å². The number of para-hydroxylation sites is 1. The Balaban J connectivity index is 1.42. The zero-order valence-electron chi connectivity index (χ0n) is 20.0. The first-order valence-corrected chi connectivity index (χ1v) is 13.1. The van der Waals surface area contributed by atoms with Gasteiger partial charge < -0.3 is 9.88 Å². The van der Waals surface area contributed by atoms with Crippen molar-refractivity contribution in [1.29, 1.82) is 0 Å². The largest absolute Gasteiger partial charge is 0.348 e. The van der Waals surface area contributed by atoms with Crippen LogP contribution in [0.5, 0.6) is 0 Å². The molecule has 0 radical (unpaired) electrons. The fourth-order valence-corrected chi connectivity index (χ4v) is 4.97. The smallest absolute Gasteiger partial charge is 0.251 e. The highest BCUT2D eigenvalue weighted by molar-refractivity contribution is 7.92. The van der Waals surface area contributed by atoms with Crippen LogP contribution in [0.3, 0.4) is 0 Å². The molecule has 1 aromatic heterocycles. The van der Waals surface area contributed by atoms with Crippen LogP contribution in [0.15, 0.2) is 85.5 Å². The quantitative estimate of drug-likeness (QED) is 0.399. The highest BCUT2D eigenvalue weighted by Crippen LogP contribution is 2.28. The molecule has 1 amide bonds. The molecule has 0 spiro atoms. The van der Waals surface area contributed by atoms with Gasteiger partial charge in [-0.15, -0.1) is 0 Å². The monoisotopic (exact) mass is 488 g/mol. The number of aromatic nitrogens is 2. The van der Waals surface area contributed by atoms with Gasteiger partial charge in [0.15, 0.2) is 0 Å². The van der Waals surface area contributed by atoms with E-state index in [0.717, 1.165) is 27.9 Å². The van der Waals surface area contributed by atoms with Gasteiger partial charge in [-0.3, -0.25) is 9.10 Å². The number of sulfonamides is 1. The number of carbonyl (C=O) groups is 1. The Morgan fingerprint density at radius 2 is 1.57 bits per heavy atom. The summed E-state index contributed by atoms with van der Waals surface area (Å²) >= 11 is 0. The number of benzene rings is 3. The summed E-state index contributed by atoms with van der Waals surface area (Å²) in [5, 5.41) is 2.93. The fourth-order valence-electron chi connectivity index (χ4n) is 3.97. The molecule has 0 unspecified atom stereocenters. The number of rotatable bonds is 8. The van der Waals surface area contributed by atoms with Crippen molar-refractivity contribution in [2.24, 2.45) is 0 Å². The molecule has 8 heteroatoms. The van der Waals surface area contributed by atoms with Crippen LogP contribution in [-0.4, -0.2) is 30.1 Å². The van der Waals surface area contributed by atoms with E-state index in [0.29, 0.717) is 17.8 Å². The van der Waals surface area contributed by atoms with E-state index in [1.807, 2.05) is 67.1 Å². The number of anilines is 1. The summed E-state index contributed by atoms with van der Waals surface area (Å²) in [6.45, 7) is 4.40. The highest BCUT2D eigenvalue weighted by Gasteiger charge is 2.21. The van der Waals surface area contributed by atoms with E-state index in [1.54, 1.807) is 36.8 Å². The van der Waals surface area contributed by atoms with Crippen molar-refractivity contribution in [3.63, 3.8) is 0 Å². The highest BCUT2D eigenvalue weighted by atomic mass is 32.2.